The van der Waals surface area contributed by atoms with Crippen LogP contribution in [0.5, 0.6) is 0 Å². The van der Waals surface area contributed by atoms with E-state index in [1.165, 1.54) is 12.0 Å². The molecule has 0 saturated carbocycles. The van der Waals surface area contributed by atoms with Crippen LogP contribution in [0.15, 0.2) is 28.7 Å². The first-order valence-corrected chi connectivity index (χ1v) is 7.02. The molecule has 0 aromatic heterocycles. The minimum absolute atomic E-state index is 0.591. The Bertz CT molecular complexity index is 311. The highest BCUT2D eigenvalue weighted by Gasteiger charge is 2.09. The predicted octanol–water partition coefficient (Wildman–Crippen LogP) is 2.92. The zero-order valence-corrected chi connectivity index (χ0v) is 12.6. The number of halogens is 1. The molecule has 1 atom stereocenters. The van der Waals surface area contributed by atoms with Gasteiger partial charge in [-0.2, -0.15) is 0 Å². The van der Waals surface area contributed by atoms with Crippen LogP contribution in [0, 0.1) is 0 Å². The lowest BCUT2D eigenvalue weighted by Crippen LogP contribution is -2.32. The van der Waals surface area contributed by atoms with Gasteiger partial charge in [0.2, 0.25) is 0 Å². The smallest absolute Gasteiger partial charge is 0.0175 e. The van der Waals surface area contributed by atoms with Gasteiger partial charge in [0, 0.05) is 10.5 Å². The summed E-state index contributed by atoms with van der Waals surface area (Å²) in [5.41, 5.74) is 1.40. The van der Waals surface area contributed by atoms with Crippen LogP contribution in [0.1, 0.15) is 18.9 Å². The zero-order valence-electron chi connectivity index (χ0n) is 11.0. The lowest BCUT2D eigenvalue weighted by Gasteiger charge is -2.24. The van der Waals surface area contributed by atoms with Crippen LogP contribution < -0.4 is 5.32 Å². The second-order valence-corrected chi connectivity index (χ2v) is 5.53. The fourth-order valence-electron chi connectivity index (χ4n) is 1.84. The van der Waals surface area contributed by atoms with Gasteiger partial charge in [-0.25, -0.2) is 0 Å². The van der Waals surface area contributed by atoms with Gasteiger partial charge in [-0.3, -0.25) is 0 Å². The quantitative estimate of drug-likeness (QED) is 0.779. The maximum Gasteiger partial charge on any atom is 0.0175 e. The lowest BCUT2D eigenvalue weighted by molar-refractivity contribution is 0.253. The average Bonchev–Trinajstić information content (AvgIpc) is 2.32. The number of hydrogen-bond acceptors (Lipinski definition) is 2. The number of nitrogens with one attached hydrogen (secondary N) is 1. The summed E-state index contributed by atoms with van der Waals surface area (Å²) >= 11 is 3.47. The highest BCUT2D eigenvalue weighted by molar-refractivity contribution is 9.10. The Morgan fingerprint density at radius 1 is 1.29 bits per heavy atom. The fourth-order valence-corrected chi connectivity index (χ4v) is 2.11. The lowest BCUT2D eigenvalue weighted by atomic mass is 10.1. The van der Waals surface area contributed by atoms with Gasteiger partial charge < -0.3 is 10.2 Å². The molecule has 0 aliphatic heterocycles. The fraction of sp³-hybridized carbons (Fsp3) is 0.571. The van der Waals surface area contributed by atoms with Crippen molar-refractivity contribution in [1.29, 1.82) is 0 Å². The molecule has 2 nitrogen and oxygen atoms in total. The molecule has 0 fully saturated rings. The van der Waals surface area contributed by atoms with E-state index in [-0.39, 0.29) is 0 Å². The Morgan fingerprint density at radius 2 is 1.94 bits per heavy atom. The first-order valence-electron chi connectivity index (χ1n) is 6.22. The van der Waals surface area contributed by atoms with E-state index in [0.717, 1.165) is 24.0 Å². The van der Waals surface area contributed by atoms with Gasteiger partial charge in [0.25, 0.3) is 0 Å². The molecule has 1 rings (SSSR count). The predicted molar refractivity (Wildman–Crippen MR) is 78.5 cm³/mol. The van der Waals surface area contributed by atoms with Crippen molar-refractivity contribution in [2.75, 3.05) is 27.2 Å². The second-order valence-electron chi connectivity index (χ2n) is 4.62. The minimum Gasteiger partial charge on any atom is -0.320 e. The molecule has 96 valence electrons. The number of nitrogens with zero attached hydrogens (tertiary/aromatic N) is 1. The van der Waals surface area contributed by atoms with Crippen LogP contribution in [-0.4, -0.2) is 38.1 Å². The summed E-state index contributed by atoms with van der Waals surface area (Å²) in [5, 5.41) is 3.19. The van der Waals surface area contributed by atoms with Crippen molar-refractivity contribution >= 4 is 15.9 Å². The molecule has 0 aliphatic carbocycles. The molecular formula is C14H23BrN2. The van der Waals surface area contributed by atoms with E-state index in [4.69, 9.17) is 0 Å². The van der Waals surface area contributed by atoms with Gasteiger partial charge in [-0.05, 0) is 64.6 Å². The largest absolute Gasteiger partial charge is 0.320 e. The normalized spacial score (nSPS) is 13.0. The average molecular weight is 299 g/mol. The van der Waals surface area contributed by atoms with Crippen molar-refractivity contribution in [3.05, 3.63) is 34.3 Å². The van der Waals surface area contributed by atoms with Gasteiger partial charge in [0.1, 0.15) is 0 Å². The first kappa shape index (κ1) is 14.7. The first-order chi connectivity index (χ1) is 8.13. The Morgan fingerprint density at radius 3 is 2.53 bits per heavy atom. The molecule has 0 spiro atoms. The van der Waals surface area contributed by atoms with Crippen LogP contribution >= 0.6 is 15.9 Å². The van der Waals surface area contributed by atoms with E-state index >= 15 is 0 Å². The van der Waals surface area contributed by atoms with Gasteiger partial charge >= 0.3 is 0 Å². The SMILES string of the molecule is CNCCCN(C)C(C)Cc1ccc(Br)cc1. The molecule has 0 bridgehead atoms. The standard InChI is InChI=1S/C14H23BrN2/c1-12(17(3)10-4-9-16-2)11-13-5-7-14(15)8-6-13/h5-8,12,16H,4,9-11H2,1-3H3. The van der Waals surface area contributed by atoms with Crippen LogP contribution in [0.3, 0.4) is 0 Å². The molecular weight excluding hydrogens is 276 g/mol. The minimum atomic E-state index is 0.591. The maximum absolute atomic E-state index is 3.47. The van der Waals surface area contributed by atoms with E-state index in [1.807, 2.05) is 7.05 Å². The van der Waals surface area contributed by atoms with Gasteiger partial charge in [0.15, 0.2) is 0 Å². The molecule has 0 heterocycles. The molecule has 1 N–H and O–H groups in total. The molecule has 17 heavy (non-hydrogen) atoms. The third-order valence-corrected chi connectivity index (χ3v) is 3.66. The molecule has 1 unspecified atom stereocenters. The number of hydrogen-bond donors (Lipinski definition) is 1. The Labute approximate surface area is 114 Å². The topological polar surface area (TPSA) is 15.3 Å². The summed E-state index contributed by atoms with van der Waals surface area (Å²) in [4.78, 5) is 2.43. The van der Waals surface area contributed by atoms with Crippen LogP contribution in [0.2, 0.25) is 0 Å². The van der Waals surface area contributed by atoms with Gasteiger partial charge in [0.05, 0.1) is 0 Å². The number of likely N-dealkylation sites (N-methyl/N-ethyl adjacent to an activating group) is 1. The highest BCUT2D eigenvalue weighted by Crippen LogP contribution is 2.13. The summed E-state index contributed by atoms with van der Waals surface area (Å²) in [5.74, 6) is 0. The Hall–Kier alpha value is -0.380. The summed E-state index contributed by atoms with van der Waals surface area (Å²) in [7, 11) is 4.21. The van der Waals surface area contributed by atoms with E-state index in [2.05, 4.69) is 64.4 Å². The summed E-state index contributed by atoms with van der Waals surface area (Å²) in [6, 6.07) is 9.21. The molecule has 1 aromatic carbocycles. The van der Waals surface area contributed by atoms with Crippen molar-refractivity contribution < 1.29 is 0 Å². The molecule has 0 saturated heterocycles. The number of benzene rings is 1. The van der Waals surface area contributed by atoms with Crippen molar-refractivity contribution in [1.82, 2.24) is 10.2 Å². The van der Waals surface area contributed by atoms with Crippen LogP contribution in [0.4, 0.5) is 0 Å². The van der Waals surface area contributed by atoms with E-state index < -0.39 is 0 Å². The Kier molecular flexibility index (Phi) is 6.78. The molecule has 0 aliphatic rings. The molecule has 1 aromatic rings. The summed E-state index contributed by atoms with van der Waals surface area (Å²) in [6.45, 7) is 4.54. The van der Waals surface area contributed by atoms with E-state index in [1.54, 1.807) is 0 Å². The van der Waals surface area contributed by atoms with E-state index in [0.29, 0.717) is 6.04 Å². The molecule has 0 radical (unpaired) electrons. The van der Waals surface area contributed by atoms with Gasteiger partial charge in [-0.15, -0.1) is 0 Å². The third kappa shape index (κ3) is 5.66. The maximum atomic E-state index is 3.47. The second kappa shape index (κ2) is 7.85. The molecule has 0 amide bonds. The van der Waals surface area contributed by atoms with Crippen molar-refractivity contribution in [2.24, 2.45) is 0 Å². The van der Waals surface area contributed by atoms with Crippen molar-refractivity contribution in [3.63, 3.8) is 0 Å². The molecule has 3 heteroatoms. The number of rotatable bonds is 7. The summed E-state index contributed by atoms with van der Waals surface area (Å²) < 4.78 is 1.15. The van der Waals surface area contributed by atoms with Crippen LogP contribution in [-0.2, 0) is 6.42 Å². The summed E-state index contributed by atoms with van der Waals surface area (Å²) in [6.07, 6.45) is 2.32. The van der Waals surface area contributed by atoms with Crippen LogP contribution in [0.25, 0.3) is 0 Å². The zero-order chi connectivity index (χ0) is 12.7. The van der Waals surface area contributed by atoms with E-state index in [9.17, 15) is 0 Å². The monoisotopic (exact) mass is 298 g/mol. The van der Waals surface area contributed by atoms with Crippen molar-refractivity contribution in [2.45, 2.75) is 25.8 Å². The third-order valence-electron chi connectivity index (χ3n) is 3.13. The Balaban J connectivity index is 2.37. The highest BCUT2D eigenvalue weighted by atomic mass is 79.9. The van der Waals surface area contributed by atoms with Crippen molar-refractivity contribution in [3.8, 4) is 0 Å². The van der Waals surface area contributed by atoms with Gasteiger partial charge in [-0.1, -0.05) is 28.1 Å².